The maximum atomic E-state index is 10.5. The van der Waals surface area contributed by atoms with Crippen molar-refractivity contribution >= 4 is 38.7 Å². The Labute approximate surface area is 133 Å². The van der Waals surface area contributed by atoms with Crippen LogP contribution in [0, 0.1) is 6.92 Å². The van der Waals surface area contributed by atoms with Crippen molar-refractivity contribution in [3.63, 3.8) is 0 Å². The standard InChI is InChI=1S/C18H16N2OS/c1-11(2)13-5-4-12(3)15(8-13)14-6-7-16-17(9-14)22-18(20-16)19-10-21/h4-10H,1H2,2-3H3,(H,19,20,21). The van der Waals surface area contributed by atoms with E-state index in [0.717, 1.165) is 26.9 Å². The number of fused-ring (bicyclic) bond motifs is 1. The van der Waals surface area contributed by atoms with E-state index in [0.29, 0.717) is 11.5 Å². The predicted octanol–water partition coefficient (Wildman–Crippen LogP) is 4.87. The van der Waals surface area contributed by atoms with E-state index >= 15 is 0 Å². The number of aromatic nitrogens is 1. The summed E-state index contributed by atoms with van der Waals surface area (Å²) in [6, 6.07) is 12.6. The number of amides is 1. The molecule has 0 aliphatic heterocycles. The van der Waals surface area contributed by atoms with E-state index in [9.17, 15) is 4.79 Å². The number of aryl methyl sites for hydroxylation is 1. The van der Waals surface area contributed by atoms with Crippen LogP contribution in [0.4, 0.5) is 5.13 Å². The maximum absolute atomic E-state index is 10.5. The van der Waals surface area contributed by atoms with Gasteiger partial charge in [0, 0.05) is 0 Å². The highest BCUT2D eigenvalue weighted by Crippen LogP contribution is 2.32. The van der Waals surface area contributed by atoms with Gasteiger partial charge in [0.15, 0.2) is 5.13 Å². The van der Waals surface area contributed by atoms with Crippen LogP contribution in [0.5, 0.6) is 0 Å². The van der Waals surface area contributed by atoms with Crippen molar-refractivity contribution in [2.45, 2.75) is 13.8 Å². The van der Waals surface area contributed by atoms with Gasteiger partial charge < -0.3 is 5.32 Å². The average Bonchev–Trinajstić information content (AvgIpc) is 2.89. The number of hydrogen-bond acceptors (Lipinski definition) is 3. The molecule has 0 radical (unpaired) electrons. The third-order valence-electron chi connectivity index (χ3n) is 3.61. The summed E-state index contributed by atoms with van der Waals surface area (Å²) < 4.78 is 1.06. The van der Waals surface area contributed by atoms with Crippen molar-refractivity contribution < 1.29 is 4.79 Å². The molecule has 0 spiro atoms. The van der Waals surface area contributed by atoms with Crippen LogP contribution in [0.15, 0.2) is 43.0 Å². The molecule has 2 aromatic carbocycles. The maximum Gasteiger partial charge on any atom is 0.213 e. The Balaban J connectivity index is 2.11. The predicted molar refractivity (Wildman–Crippen MR) is 94.2 cm³/mol. The lowest BCUT2D eigenvalue weighted by atomic mass is 9.96. The van der Waals surface area contributed by atoms with E-state index < -0.39 is 0 Å². The zero-order chi connectivity index (χ0) is 15.7. The monoisotopic (exact) mass is 308 g/mol. The molecule has 0 aliphatic carbocycles. The van der Waals surface area contributed by atoms with Crippen molar-refractivity contribution in [3.05, 3.63) is 54.1 Å². The quantitative estimate of drug-likeness (QED) is 0.698. The minimum atomic E-state index is 0.620. The highest BCUT2D eigenvalue weighted by atomic mass is 32.1. The molecule has 0 unspecified atom stereocenters. The minimum Gasteiger partial charge on any atom is -0.305 e. The number of anilines is 1. The number of thiazole rings is 1. The second kappa shape index (κ2) is 5.73. The number of hydrogen-bond donors (Lipinski definition) is 1. The number of benzene rings is 2. The van der Waals surface area contributed by atoms with Crippen LogP contribution in [0.2, 0.25) is 0 Å². The Bertz CT molecular complexity index is 880. The molecule has 1 aromatic heterocycles. The van der Waals surface area contributed by atoms with Crippen LogP contribution in [-0.4, -0.2) is 11.4 Å². The molecule has 110 valence electrons. The van der Waals surface area contributed by atoms with Gasteiger partial charge in [-0.1, -0.05) is 41.7 Å². The van der Waals surface area contributed by atoms with Crippen molar-refractivity contribution in [2.24, 2.45) is 0 Å². The smallest absolute Gasteiger partial charge is 0.213 e. The number of nitrogens with zero attached hydrogens (tertiary/aromatic N) is 1. The Morgan fingerprint density at radius 1 is 1.27 bits per heavy atom. The van der Waals surface area contributed by atoms with Gasteiger partial charge >= 0.3 is 0 Å². The molecule has 0 saturated carbocycles. The molecule has 1 heterocycles. The molecule has 3 nitrogen and oxygen atoms in total. The fourth-order valence-electron chi connectivity index (χ4n) is 2.40. The lowest BCUT2D eigenvalue weighted by Crippen LogP contribution is -1.91. The molecule has 3 aromatic rings. The highest BCUT2D eigenvalue weighted by Gasteiger charge is 2.08. The molecule has 0 aliphatic rings. The van der Waals surface area contributed by atoms with E-state index in [4.69, 9.17) is 0 Å². The van der Waals surface area contributed by atoms with Crippen LogP contribution in [-0.2, 0) is 4.79 Å². The third-order valence-corrected chi connectivity index (χ3v) is 4.56. The van der Waals surface area contributed by atoms with Crippen molar-refractivity contribution in [1.29, 1.82) is 0 Å². The summed E-state index contributed by atoms with van der Waals surface area (Å²) in [5.74, 6) is 0. The topological polar surface area (TPSA) is 42.0 Å². The Morgan fingerprint density at radius 3 is 2.82 bits per heavy atom. The van der Waals surface area contributed by atoms with Gasteiger partial charge in [-0.3, -0.25) is 4.79 Å². The van der Waals surface area contributed by atoms with E-state index in [1.165, 1.54) is 22.5 Å². The largest absolute Gasteiger partial charge is 0.305 e. The zero-order valence-electron chi connectivity index (χ0n) is 12.5. The fourth-order valence-corrected chi connectivity index (χ4v) is 3.27. The molecular formula is C18H16N2OS. The molecule has 3 rings (SSSR count). The van der Waals surface area contributed by atoms with Gasteiger partial charge in [-0.05, 0) is 54.3 Å². The second-order valence-electron chi connectivity index (χ2n) is 5.27. The van der Waals surface area contributed by atoms with Gasteiger partial charge in [-0.25, -0.2) is 4.98 Å². The molecule has 0 bridgehead atoms. The van der Waals surface area contributed by atoms with Gasteiger partial charge in [-0.2, -0.15) is 0 Å². The average molecular weight is 308 g/mol. The molecule has 1 amide bonds. The number of carbonyl (C=O) groups excluding carboxylic acids is 1. The Hall–Kier alpha value is -2.46. The summed E-state index contributed by atoms with van der Waals surface area (Å²) in [7, 11) is 0. The molecular weight excluding hydrogens is 292 g/mol. The van der Waals surface area contributed by atoms with E-state index in [1.54, 1.807) is 0 Å². The summed E-state index contributed by atoms with van der Waals surface area (Å²) in [5, 5.41) is 3.23. The molecule has 4 heteroatoms. The van der Waals surface area contributed by atoms with Crippen LogP contribution in [0.3, 0.4) is 0 Å². The van der Waals surface area contributed by atoms with E-state index in [-0.39, 0.29) is 0 Å². The Morgan fingerprint density at radius 2 is 2.09 bits per heavy atom. The summed E-state index contributed by atoms with van der Waals surface area (Å²) in [5.41, 5.74) is 6.66. The SMILES string of the molecule is C=C(C)c1ccc(C)c(-c2ccc3nc(NC=O)sc3c2)c1. The first-order chi connectivity index (χ1) is 10.6. The number of carbonyl (C=O) groups is 1. The van der Waals surface area contributed by atoms with Crippen molar-refractivity contribution in [3.8, 4) is 11.1 Å². The van der Waals surface area contributed by atoms with Gasteiger partial charge in [0.25, 0.3) is 0 Å². The lowest BCUT2D eigenvalue weighted by molar-refractivity contribution is -0.105. The second-order valence-corrected chi connectivity index (χ2v) is 6.30. The van der Waals surface area contributed by atoms with E-state index in [2.05, 4.69) is 54.1 Å². The number of nitrogens with one attached hydrogen (secondary N) is 1. The van der Waals surface area contributed by atoms with Crippen LogP contribution < -0.4 is 5.32 Å². The molecule has 1 N–H and O–H groups in total. The summed E-state index contributed by atoms with van der Waals surface area (Å²) >= 11 is 1.48. The van der Waals surface area contributed by atoms with Gasteiger partial charge in [0.2, 0.25) is 6.41 Å². The lowest BCUT2D eigenvalue weighted by Gasteiger charge is -2.09. The highest BCUT2D eigenvalue weighted by molar-refractivity contribution is 7.22. The van der Waals surface area contributed by atoms with E-state index in [1.807, 2.05) is 13.0 Å². The third kappa shape index (κ3) is 2.65. The van der Waals surface area contributed by atoms with Crippen LogP contribution in [0.25, 0.3) is 26.9 Å². The van der Waals surface area contributed by atoms with Crippen LogP contribution in [0.1, 0.15) is 18.1 Å². The first kappa shape index (κ1) is 14.5. The summed E-state index contributed by atoms with van der Waals surface area (Å²) in [6.07, 6.45) is 0.652. The number of allylic oxidation sites excluding steroid dienone is 1. The van der Waals surface area contributed by atoms with Gasteiger partial charge in [0.05, 0.1) is 10.2 Å². The molecule has 0 saturated heterocycles. The fraction of sp³-hybridized carbons (Fsp3) is 0.111. The van der Waals surface area contributed by atoms with Gasteiger partial charge in [0.1, 0.15) is 0 Å². The molecule has 22 heavy (non-hydrogen) atoms. The molecule has 0 fully saturated rings. The first-order valence-electron chi connectivity index (χ1n) is 6.96. The number of rotatable bonds is 4. The zero-order valence-corrected chi connectivity index (χ0v) is 13.3. The summed E-state index contributed by atoms with van der Waals surface area (Å²) in [6.45, 7) is 8.13. The summed E-state index contributed by atoms with van der Waals surface area (Å²) in [4.78, 5) is 14.9. The van der Waals surface area contributed by atoms with Crippen LogP contribution >= 0.6 is 11.3 Å². The van der Waals surface area contributed by atoms with Crippen molar-refractivity contribution in [1.82, 2.24) is 4.98 Å². The van der Waals surface area contributed by atoms with Crippen molar-refractivity contribution in [2.75, 3.05) is 5.32 Å². The van der Waals surface area contributed by atoms with Gasteiger partial charge in [-0.15, -0.1) is 0 Å². The minimum absolute atomic E-state index is 0.620. The first-order valence-corrected chi connectivity index (χ1v) is 7.78. The molecule has 0 atom stereocenters. The normalized spacial score (nSPS) is 10.6. The Kier molecular flexibility index (Phi) is 3.77.